The fraction of sp³-hybridized carbons (Fsp3) is 0.429. The van der Waals surface area contributed by atoms with Crippen LogP contribution < -0.4 is 0 Å². The van der Waals surface area contributed by atoms with Crippen molar-refractivity contribution in [1.82, 2.24) is 4.98 Å². The molecule has 2 heteroatoms. The van der Waals surface area contributed by atoms with Gasteiger partial charge in [0.25, 0.3) is 0 Å². The maximum absolute atomic E-state index is 9.11. The van der Waals surface area contributed by atoms with Crippen LogP contribution in [0, 0.1) is 6.92 Å². The fourth-order valence-electron chi connectivity index (χ4n) is 1.50. The van der Waals surface area contributed by atoms with E-state index in [-0.39, 0.29) is 6.61 Å². The Morgan fingerprint density at radius 1 is 1.06 bits per heavy atom. The largest absolute Gasteiger partial charge is 0.392 e. The third kappa shape index (κ3) is 3.11. The molecular weight excluding hydrogens is 198 g/mol. The van der Waals surface area contributed by atoms with Gasteiger partial charge in [0.2, 0.25) is 0 Å². The number of benzene rings is 1. The lowest BCUT2D eigenvalue weighted by Crippen LogP contribution is -1.89. The second kappa shape index (κ2) is 7.94. The molecule has 2 aromatic rings. The molecule has 0 aliphatic rings. The predicted octanol–water partition coefficient (Wildman–Crippen LogP) is 4.02. The summed E-state index contributed by atoms with van der Waals surface area (Å²) < 4.78 is 0. The highest BCUT2D eigenvalue weighted by Crippen LogP contribution is 2.20. The van der Waals surface area contributed by atoms with E-state index in [4.69, 9.17) is 5.11 Å². The summed E-state index contributed by atoms with van der Waals surface area (Å²) in [5.41, 5.74) is 3.18. The van der Waals surface area contributed by atoms with Crippen LogP contribution in [0.1, 0.15) is 38.8 Å². The Morgan fingerprint density at radius 3 is 2.25 bits per heavy atom. The molecule has 0 atom stereocenters. The van der Waals surface area contributed by atoms with Crippen LogP contribution in [0.15, 0.2) is 24.4 Å². The molecule has 0 spiro atoms. The van der Waals surface area contributed by atoms with Gasteiger partial charge in [0.1, 0.15) is 0 Å². The second-order valence-corrected chi connectivity index (χ2v) is 2.96. The Bertz CT molecular complexity index is 404. The summed E-state index contributed by atoms with van der Waals surface area (Å²) in [5, 5.41) is 10.3. The number of rotatable bonds is 1. The first-order chi connectivity index (χ1) is 7.83. The summed E-state index contributed by atoms with van der Waals surface area (Å²) in [6.07, 6.45) is 1.89. The van der Waals surface area contributed by atoms with E-state index >= 15 is 0 Å². The number of aliphatic hydroxyl groups excluding tert-OH is 1. The van der Waals surface area contributed by atoms with Gasteiger partial charge in [-0.3, -0.25) is 0 Å². The second-order valence-electron chi connectivity index (χ2n) is 2.96. The Balaban J connectivity index is 0.000000509. The predicted molar refractivity (Wildman–Crippen MR) is 71.7 cm³/mol. The van der Waals surface area contributed by atoms with E-state index in [1.54, 1.807) is 0 Å². The van der Waals surface area contributed by atoms with Gasteiger partial charge in [-0.2, -0.15) is 0 Å². The fourth-order valence-corrected chi connectivity index (χ4v) is 1.50. The van der Waals surface area contributed by atoms with Gasteiger partial charge in [-0.05, 0) is 23.9 Å². The molecule has 0 aliphatic heterocycles. The molecule has 2 N–H and O–H groups in total. The van der Waals surface area contributed by atoms with Crippen LogP contribution in [0.25, 0.3) is 10.9 Å². The van der Waals surface area contributed by atoms with E-state index in [1.807, 2.05) is 52.9 Å². The normalized spacial score (nSPS) is 8.88. The number of aromatic nitrogens is 1. The molecule has 0 amide bonds. The first-order valence-corrected chi connectivity index (χ1v) is 5.99. The first kappa shape index (κ1) is 14.7. The zero-order valence-corrected chi connectivity index (χ0v) is 11.0. The third-order valence-corrected chi connectivity index (χ3v) is 2.23. The van der Waals surface area contributed by atoms with E-state index in [2.05, 4.69) is 11.1 Å². The van der Waals surface area contributed by atoms with Crippen molar-refractivity contribution in [3.8, 4) is 0 Å². The molecule has 1 aromatic carbocycles. The quantitative estimate of drug-likeness (QED) is 0.749. The average molecular weight is 221 g/mol. The molecule has 2 rings (SSSR count). The highest BCUT2D eigenvalue weighted by Gasteiger charge is 2.03. The number of hydrogen-bond acceptors (Lipinski definition) is 1. The van der Waals surface area contributed by atoms with E-state index in [1.165, 1.54) is 0 Å². The summed E-state index contributed by atoms with van der Waals surface area (Å²) in [5.74, 6) is 0. The van der Waals surface area contributed by atoms with Crippen LogP contribution in [-0.4, -0.2) is 10.1 Å². The van der Waals surface area contributed by atoms with Crippen molar-refractivity contribution in [1.29, 1.82) is 0 Å². The highest BCUT2D eigenvalue weighted by molar-refractivity contribution is 5.83. The number of fused-ring (bicyclic) bond motifs is 1. The average Bonchev–Trinajstić information content (AvgIpc) is 2.82. The lowest BCUT2D eigenvalue weighted by molar-refractivity contribution is 0.282. The van der Waals surface area contributed by atoms with Crippen LogP contribution in [0.5, 0.6) is 0 Å². The molecule has 90 valence electrons. The van der Waals surface area contributed by atoms with Crippen LogP contribution in [0.2, 0.25) is 0 Å². The molecule has 0 saturated heterocycles. The van der Waals surface area contributed by atoms with Gasteiger partial charge in [0.15, 0.2) is 0 Å². The minimum atomic E-state index is 0.101. The molecule has 0 aliphatic carbocycles. The van der Waals surface area contributed by atoms with Crippen molar-refractivity contribution >= 4 is 10.9 Å². The van der Waals surface area contributed by atoms with Crippen LogP contribution >= 0.6 is 0 Å². The Hall–Kier alpha value is -1.28. The minimum absolute atomic E-state index is 0.101. The van der Waals surface area contributed by atoms with Crippen molar-refractivity contribution < 1.29 is 5.11 Å². The van der Waals surface area contributed by atoms with Crippen molar-refractivity contribution in [2.75, 3.05) is 0 Å². The van der Waals surface area contributed by atoms with Gasteiger partial charge < -0.3 is 10.1 Å². The van der Waals surface area contributed by atoms with Crippen molar-refractivity contribution in [3.05, 3.63) is 35.5 Å². The molecule has 16 heavy (non-hydrogen) atoms. The summed E-state index contributed by atoms with van der Waals surface area (Å²) in [7, 11) is 0. The Morgan fingerprint density at radius 2 is 1.69 bits per heavy atom. The number of aromatic amines is 1. The van der Waals surface area contributed by atoms with E-state index in [0.29, 0.717) is 0 Å². The zero-order valence-electron chi connectivity index (χ0n) is 11.0. The van der Waals surface area contributed by atoms with Gasteiger partial charge in [-0.15, -0.1) is 0 Å². The number of H-pyrrole nitrogens is 1. The molecule has 0 bridgehead atoms. The molecule has 0 saturated carbocycles. The van der Waals surface area contributed by atoms with Gasteiger partial charge in [-0.25, -0.2) is 0 Å². The maximum Gasteiger partial charge on any atom is 0.0704 e. The van der Waals surface area contributed by atoms with Crippen molar-refractivity contribution in [2.24, 2.45) is 0 Å². The molecule has 0 unspecified atom stereocenters. The van der Waals surface area contributed by atoms with E-state index < -0.39 is 0 Å². The SMILES string of the molecule is CC.CC.Cc1ccc2cc[nH]c2c1CO. The van der Waals surface area contributed by atoms with E-state index in [9.17, 15) is 0 Å². The van der Waals surface area contributed by atoms with Gasteiger partial charge in [0, 0.05) is 11.8 Å². The number of nitrogens with one attached hydrogen (secondary N) is 1. The van der Waals surface area contributed by atoms with Gasteiger partial charge in [-0.1, -0.05) is 39.8 Å². The third-order valence-electron chi connectivity index (χ3n) is 2.23. The number of aryl methyl sites for hydroxylation is 1. The Kier molecular flexibility index (Phi) is 7.31. The Labute approximate surface area is 98.3 Å². The lowest BCUT2D eigenvalue weighted by atomic mass is 10.1. The topological polar surface area (TPSA) is 36.0 Å². The lowest BCUT2D eigenvalue weighted by Gasteiger charge is -2.02. The molecular formula is C14H23NO. The molecule has 1 heterocycles. The molecule has 0 radical (unpaired) electrons. The van der Waals surface area contributed by atoms with Crippen LogP contribution in [0.4, 0.5) is 0 Å². The molecule has 2 nitrogen and oxygen atoms in total. The summed E-state index contributed by atoms with van der Waals surface area (Å²) >= 11 is 0. The summed E-state index contributed by atoms with van der Waals surface area (Å²) in [6.45, 7) is 10.1. The van der Waals surface area contributed by atoms with Crippen LogP contribution in [0.3, 0.4) is 0 Å². The van der Waals surface area contributed by atoms with Crippen molar-refractivity contribution in [2.45, 2.75) is 41.2 Å². The monoisotopic (exact) mass is 221 g/mol. The van der Waals surface area contributed by atoms with Crippen LogP contribution in [-0.2, 0) is 6.61 Å². The van der Waals surface area contributed by atoms with Gasteiger partial charge in [0.05, 0.1) is 12.1 Å². The summed E-state index contributed by atoms with van der Waals surface area (Å²) in [4.78, 5) is 3.12. The van der Waals surface area contributed by atoms with E-state index in [0.717, 1.165) is 22.0 Å². The summed E-state index contributed by atoms with van der Waals surface area (Å²) in [6, 6.07) is 6.09. The number of aliphatic hydroxyl groups is 1. The minimum Gasteiger partial charge on any atom is -0.392 e. The maximum atomic E-state index is 9.11. The molecule has 1 aromatic heterocycles. The van der Waals surface area contributed by atoms with Crippen molar-refractivity contribution in [3.63, 3.8) is 0 Å². The number of hydrogen-bond donors (Lipinski definition) is 2. The highest BCUT2D eigenvalue weighted by atomic mass is 16.3. The first-order valence-electron chi connectivity index (χ1n) is 5.99. The molecule has 0 fully saturated rings. The standard InChI is InChI=1S/C10H11NO.2C2H6/c1-7-2-3-8-4-5-11-10(8)9(7)6-12;2*1-2/h2-5,11-12H,6H2,1H3;2*1-2H3. The smallest absolute Gasteiger partial charge is 0.0704 e. The zero-order chi connectivity index (χ0) is 12.6. The van der Waals surface area contributed by atoms with Gasteiger partial charge >= 0.3 is 0 Å².